The predicted octanol–water partition coefficient (Wildman–Crippen LogP) is 2.73. The van der Waals surface area contributed by atoms with Gasteiger partial charge in [-0.05, 0) is 63.3 Å². The lowest BCUT2D eigenvalue weighted by molar-refractivity contribution is -0.143. The second-order valence-corrected chi connectivity index (χ2v) is 8.96. The first kappa shape index (κ1) is 22.6. The lowest BCUT2D eigenvalue weighted by Crippen LogP contribution is -2.49. The van der Waals surface area contributed by atoms with Gasteiger partial charge in [-0.3, -0.25) is 9.59 Å². The Kier molecular flexibility index (Phi) is 8.72. The highest BCUT2D eigenvalue weighted by Gasteiger charge is 2.36. The summed E-state index contributed by atoms with van der Waals surface area (Å²) in [6.07, 6.45) is 3.21. The monoisotopic (exact) mass is 430 g/mol. The zero-order valence-corrected chi connectivity index (χ0v) is 17.6. The Morgan fingerprint density at radius 3 is 2.64 bits per heavy atom. The molecule has 28 heavy (non-hydrogen) atoms. The Bertz CT molecular complexity index is 767. The number of hydrogen-bond acceptors (Lipinski definition) is 5. The number of benzene rings is 1. The number of hydrogen-bond donors (Lipinski definition) is 1. The number of nitrogens with one attached hydrogen (secondary N) is 1. The maximum atomic E-state index is 13.2. The Morgan fingerprint density at radius 2 is 1.96 bits per heavy atom. The molecule has 1 aliphatic rings. The highest BCUT2D eigenvalue weighted by molar-refractivity contribution is 7.89. The molecule has 1 aromatic rings. The SMILES string of the molecule is CCOC(=O)CCCCN(C1CCCCNC1=O)S(=O)(=O)c1ccc(Cl)cc1. The van der Waals surface area contributed by atoms with Crippen LogP contribution in [0, 0.1) is 0 Å². The van der Waals surface area contributed by atoms with Crippen LogP contribution < -0.4 is 5.32 Å². The summed E-state index contributed by atoms with van der Waals surface area (Å²) in [4.78, 5) is 24.1. The lowest BCUT2D eigenvalue weighted by Gasteiger charge is -2.29. The molecule has 1 saturated heterocycles. The van der Waals surface area contributed by atoms with Crippen LogP contribution in [-0.2, 0) is 24.3 Å². The van der Waals surface area contributed by atoms with Gasteiger partial charge in [-0.25, -0.2) is 8.42 Å². The third kappa shape index (κ3) is 6.18. The summed E-state index contributed by atoms with van der Waals surface area (Å²) in [5, 5.41) is 3.23. The van der Waals surface area contributed by atoms with Crippen molar-refractivity contribution in [2.75, 3.05) is 19.7 Å². The quantitative estimate of drug-likeness (QED) is 0.480. The average Bonchev–Trinajstić information content (AvgIpc) is 2.86. The number of halogens is 1. The molecule has 1 unspecified atom stereocenters. The van der Waals surface area contributed by atoms with E-state index < -0.39 is 16.1 Å². The minimum Gasteiger partial charge on any atom is -0.466 e. The summed E-state index contributed by atoms with van der Waals surface area (Å²) in [6, 6.07) is 5.15. The van der Waals surface area contributed by atoms with Crippen LogP contribution in [0.5, 0.6) is 0 Å². The first-order valence-corrected chi connectivity index (χ1v) is 11.4. The molecule has 0 aromatic heterocycles. The Morgan fingerprint density at radius 1 is 1.25 bits per heavy atom. The van der Waals surface area contributed by atoms with Gasteiger partial charge >= 0.3 is 5.97 Å². The molecule has 2 rings (SSSR count). The number of ether oxygens (including phenoxy) is 1. The molecule has 0 spiro atoms. The van der Waals surface area contributed by atoms with Gasteiger partial charge in [0.1, 0.15) is 6.04 Å². The van der Waals surface area contributed by atoms with Crippen molar-refractivity contribution in [1.29, 1.82) is 0 Å². The van der Waals surface area contributed by atoms with Crippen molar-refractivity contribution in [3.8, 4) is 0 Å². The van der Waals surface area contributed by atoms with Gasteiger partial charge in [-0.1, -0.05) is 11.6 Å². The molecular weight excluding hydrogens is 404 g/mol. The number of nitrogens with zero attached hydrogens (tertiary/aromatic N) is 1. The van der Waals surface area contributed by atoms with Crippen molar-refractivity contribution in [2.45, 2.75) is 56.4 Å². The summed E-state index contributed by atoms with van der Waals surface area (Å²) in [5.41, 5.74) is 0. The molecule has 1 aromatic carbocycles. The Labute approximate surface area is 171 Å². The van der Waals surface area contributed by atoms with Crippen molar-refractivity contribution in [3.05, 3.63) is 29.3 Å². The van der Waals surface area contributed by atoms with E-state index in [4.69, 9.17) is 16.3 Å². The zero-order valence-electron chi connectivity index (χ0n) is 16.0. The summed E-state index contributed by atoms with van der Waals surface area (Å²) in [6.45, 7) is 2.76. The van der Waals surface area contributed by atoms with Crippen molar-refractivity contribution >= 4 is 33.5 Å². The van der Waals surface area contributed by atoms with Crippen LogP contribution in [0.15, 0.2) is 29.2 Å². The fourth-order valence-electron chi connectivity index (χ4n) is 3.15. The van der Waals surface area contributed by atoms with Crippen LogP contribution in [0.1, 0.15) is 45.4 Å². The third-order valence-corrected chi connectivity index (χ3v) is 6.76. The maximum Gasteiger partial charge on any atom is 0.305 e. The van der Waals surface area contributed by atoms with E-state index in [1.165, 1.54) is 28.6 Å². The molecular formula is C19H27ClN2O5S. The molecule has 1 amide bonds. The fraction of sp³-hybridized carbons (Fsp3) is 0.579. The number of carbonyl (C=O) groups excluding carboxylic acids is 2. The molecule has 1 atom stereocenters. The van der Waals surface area contributed by atoms with Gasteiger partial charge in [0.05, 0.1) is 11.5 Å². The number of unbranched alkanes of at least 4 members (excludes halogenated alkanes) is 1. The van der Waals surface area contributed by atoms with E-state index in [0.29, 0.717) is 37.4 Å². The largest absolute Gasteiger partial charge is 0.466 e. The highest BCUT2D eigenvalue weighted by atomic mass is 35.5. The molecule has 0 radical (unpaired) electrons. The Balaban J connectivity index is 2.18. The van der Waals surface area contributed by atoms with Gasteiger partial charge in [-0.2, -0.15) is 4.31 Å². The van der Waals surface area contributed by atoms with Crippen LogP contribution in [0.4, 0.5) is 0 Å². The second-order valence-electron chi connectivity index (χ2n) is 6.63. The van der Waals surface area contributed by atoms with E-state index in [0.717, 1.165) is 12.8 Å². The molecule has 156 valence electrons. The normalized spacial score (nSPS) is 17.8. The molecule has 0 saturated carbocycles. The molecule has 0 aliphatic carbocycles. The lowest BCUT2D eigenvalue weighted by atomic mass is 10.1. The van der Waals surface area contributed by atoms with Crippen molar-refractivity contribution in [3.63, 3.8) is 0 Å². The van der Waals surface area contributed by atoms with E-state index in [1.54, 1.807) is 6.92 Å². The number of sulfonamides is 1. The van der Waals surface area contributed by atoms with Crippen LogP contribution in [-0.4, -0.2) is 50.3 Å². The molecule has 7 nitrogen and oxygen atoms in total. The minimum absolute atomic E-state index is 0.0966. The zero-order chi connectivity index (χ0) is 20.6. The van der Waals surface area contributed by atoms with Gasteiger partial charge in [0, 0.05) is 24.5 Å². The van der Waals surface area contributed by atoms with Crippen LogP contribution in [0.3, 0.4) is 0 Å². The highest BCUT2D eigenvalue weighted by Crippen LogP contribution is 2.24. The fourth-order valence-corrected chi connectivity index (χ4v) is 4.94. The van der Waals surface area contributed by atoms with Gasteiger partial charge in [-0.15, -0.1) is 0 Å². The summed E-state index contributed by atoms with van der Waals surface area (Å²) in [7, 11) is -3.88. The van der Waals surface area contributed by atoms with E-state index in [2.05, 4.69) is 5.32 Å². The molecule has 0 bridgehead atoms. The second kappa shape index (κ2) is 10.8. The number of amides is 1. The summed E-state index contributed by atoms with van der Waals surface area (Å²) in [5.74, 6) is -0.581. The van der Waals surface area contributed by atoms with Gasteiger partial charge in [0.15, 0.2) is 0 Å². The Hall–Kier alpha value is -1.64. The predicted molar refractivity (Wildman–Crippen MR) is 106 cm³/mol. The molecule has 1 heterocycles. The van der Waals surface area contributed by atoms with Gasteiger partial charge < -0.3 is 10.1 Å². The topological polar surface area (TPSA) is 92.8 Å². The van der Waals surface area contributed by atoms with E-state index in [1.807, 2.05) is 0 Å². The maximum absolute atomic E-state index is 13.2. The van der Waals surface area contributed by atoms with E-state index in [9.17, 15) is 18.0 Å². The smallest absolute Gasteiger partial charge is 0.305 e. The molecule has 9 heteroatoms. The summed E-state index contributed by atoms with van der Waals surface area (Å²) < 4.78 is 32.7. The summed E-state index contributed by atoms with van der Waals surface area (Å²) >= 11 is 5.88. The third-order valence-electron chi connectivity index (χ3n) is 4.59. The number of carbonyl (C=O) groups is 2. The van der Waals surface area contributed by atoms with Gasteiger partial charge in [0.25, 0.3) is 0 Å². The standard InChI is InChI=1S/C19H27ClN2O5S/c1-2-27-18(23)8-4-6-14-22(17-7-3-5-13-21-19(17)24)28(25,26)16-11-9-15(20)10-12-16/h9-12,17H,2-8,13-14H2,1H3,(H,21,24). The molecule has 1 N–H and O–H groups in total. The minimum atomic E-state index is -3.88. The molecule has 1 aliphatic heterocycles. The van der Waals surface area contributed by atoms with Crippen molar-refractivity contribution in [2.24, 2.45) is 0 Å². The molecule has 1 fully saturated rings. The number of esters is 1. The van der Waals surface area contributed by atoms with Crippen LogP contribution >= 0.6 is 11.6 Å². The number of rotatable bonds is 9. The van der Waals surface area contributed by atoms with E-state index >= 15 is 0 Å². The van der Waals surface area contributed by atoms with Crippen LogP contribution in [0.25, 0.3) is 0 Å². The first-order valence-electron chi connectivity index (χ1n) is 9.57. The van der Waals surface area contributed by atoms with Gasteiger partial charge in [0.2, 0.25) is 15.9 Å². The first-order chi connectivity index (χ1) is 13.4. The average molecular weight is 431 g/mol. The van der Waals surface area contributed by atoms with Crippen molar-refractivity contribution in [1.82, 2.24) is 9.62 Å². The van der Waals surface area contributed by atoms with Crippen molar-refractivity contribution < 1.29 is 22.7 Å². The van der Waals surface area contributed by atoms with E-state index in [-0.39, 0.29) is 29.7 Å². The van der Waals surface area contributed by atoms with Crippen LogP contribution in [0.2, 0.25) is 5.02 Å².